The van der Waals surface area contributed by atoms with Gasteiger partial charge in [-0.3, -0.25) is 9.69 Å². The van der Waals surface area contributed by atoms with E-state index in [0.29, 0.717) is 33.5 Å². The highest BCUT2D eigenvalue weighted by Crippen LogP contribution is 2.34. The summed E-state index contributed by atoms with van der Waals surface area (Å²) in [5, 5.41) is 12.0. The molecule has 6 aromatic rings. The van der Waals surface area contributed by atoms with E-state index in [4.69, 9.17) is 5.11 Å². The van der Waals surface area contributed by atoms with Crippen LogP contribution in [0.15, 0.2) is 128 Å². The van der Waals surface area contributed by atoms with Crippen LogP contribution in [0.3, 0.4) is 0 Å². The van der Waals surface area contributed by atoms with Gasteiger partial charge >= 0.3 is 18.3 Å². The Balaban J connectivity index is 0.000000221. The molecule has 7 nitrogen and oxygen atoms in total. The molecule has 1 amide bonds. The van der Waals surface area contributed by atoms with Crippen molar-refractivity contribution in [3.63, 3.8) is 0 Å². The number of anilines is 1. The number of halogens is 6. The number of aromatic amines is 1. The van der Waals surface area contributed by atoms with Crippen molar-refractivity contribution in [3.05, 3.63) is 167 Å². The molecule has 0 saturated carbocycles. The smallest absolute Gasteiger partial charge is 0.416 e. The molecule has 54 heavy (non-hydrogen) atoms. The Morgan fingerprint density at radius 1 is 0.722 bits per heavy atom. The number of hydrogen-bond acceptors (Lipinski definition) is 4. The maximum absolute atomic E-state index is 13.1. The lowest BCUT2D eigenvalue weighted by Crippen LogP contribution is -2.30. The number of nitrogens with zero attached hydrogens (tertiary/aromatic N) is 2. The van der Waals surface area contributed by atoms with Crippen molar-refractivity contribution >= 4 is 17.6 Å². The molecule has 0 spiro atoms. The van der Waals surface area contributed by atoms with Crippen molar-refractivity contribution in [3.8, 4) is 22.3 Å². The largest absolute Gasteiger partial charge is 0.478 e. The first kappa shape index (κ1) is 37.5. The van der Waals surface area contributed by atoms with Crippen LogP contribution >= 0.6 is 0 Å². The molecule has 0 fully saturated rings. The second-order valence-corrected chi connectivity index (χ2v) is 12.5. The Morgan fingerprint density at radius 2 is 1.28 bits per heavy atom. The van der Waals surface area contributed by atoms with E-state index in [2.05, 4.69) is 20.2 Å². The minimum atomic E-state index is -4.41. The predicted octanol–water partition coefficient (Wildman–Crippen LogP) is 9.98. The molecule has 0 atom stereocenters. The van der Waals surface area contributed by atoms with E-state index >= 15 is 0 Å². The summed E-state index contributed by atoms with van der Waals surface area (Å²) in [5.74, 6) is -0.491. The molecule has 1 aliphatic rings. The number of carbonyl (C=O) groups excluding carboxylic acids is 1. The molecule has 5 aromatic carbocycles. The summed E-state index contributed by atoms with van der Waals surface area (Å²) in [6.45, 7) is 2.45. The van der Waals surface area contributed by atoms with E-state index in [0.717, 1.165) is 56.1 Å². The summed E-state index contributed by atoms with van der Waals surface area (Å²) in [6, 6.07) is 28.3. The third kappa shape index (κ3) is 9.04. The van der Waals surface area contributed by atoms with Crippen LogP contribution < -0.4 is 5.32 Å². The summed E-state index contributed by atoms with van der Waals surface area (Å²) in [6.07, 6.45) is -4.37. The van der Waals surface area contributed by atoms with Gasteiger partial charge in [0.2, 0.25) is 0 Å². The van der Waals surface area contributed by atoms with E-state index in [9.17, 15) is 35.9 Å². The SMILES string of the molecule is O=C(Nc1ccc2c(c1)CCN(Cc1ncc[nH]1)C2)c1ccccc1-c1ccc(C(F)(F)F)cc1.O=C(O)c1ccccc1-c1ccc(C(F)(F)F)cc1. The number of carboxylic acid groups (broad SMARTS) is 1. The zero-order chi connectivity index (χ0) is 38.5. The van der Waals surface area contributed by atoms with Gasteiger partial charge in [0.25, 0.3) is 5.91 Å². The van der Waals surface area contributed by atoms with E-state index in [-0.39, 0.29) is 11.5 Å². The van der Waals surface area contributed by atoms with Gasteiger partial charge in [0.15, 0.2) is 0 Å². The topological polar surface area (TPSA) is 98.3 Å². The Hall–Kier alpha value is -6.21. The molecular formula is C41H32F6N4O3. The molecule has 0 aliphatic carbocycles. The Kier molecular flexibility index (Phi) is 11.0. The molecule has 7 rings (SSSR count). The average Bonchev–Trinajstić information content (AvgIpc) is 3.67. The van der Waals surface area contributed by atoms with Crippen LogP contribution in [0.25, 0.3) is 22.3 Å². The number of alkyl halides is 6. The van der Waals surface area contributed by atoms with Gasteiger partial charge in [-0.1, -0.05) is 66.7 Å². The van der Waals surface area contributed by atoms with Crippen LogP contribution in [0.1, 0.15) is 48.8 Å². The lowest BCUT2D eigenvalue weighted by molar-refractivity contribution is -0.138. The molecule has 1 aromatic heterocycles. The number of carbonyl (C=O) groups is 2. The zero-order valence-corrected chi connectivity index (χ0v) is 28.4. The highest BCUT2D eigenvalue weighted by molar-refractivity contribution is 6.08. The van der Waals surface area contributed by atoms with Gasteiger partial charge < -0.3 is 15.4 Å². The summed E-state index contributed by atoms with van der Waals surface area (Å²) < 4.78 is 76.1. The number of aromatic carboxylic acids is 1. The van der Waals surface area contributed by atoms with Crippen molar-refractivity contribution in [1.29, 1.82) is 0 Å². The molecule has 2 heterocycles. The van der Waals surface area contributed by atoms with Gasteiger partial charge in [-0.2, -0.15) is 26.3 Å². The average molecular weight is 743 g/mol. The second kappa shape index (κ2) is 15.8. The highest BCUT2D eigenvalue weighted by atomic mass is 19.4. The van der Waals surface area contributed by atoms with Gasteiger partial charge in [-0.25, -0.2) is 9.78 Å². The minimum absolute atomic E-state index is 0.0576. The van der Waals surface area contributed by atoms with Crippen molar-refractivity contribution in [2.45, 2.75) is 31.9 Å². The summed E-state index contributed by atoms with van der Waals surface area (Å²) in [4.78, 5) is 33.9. The molecule has 1 aliphatic heterocycles. The fraction of sp³-hybridized carbons (Fsp3) is 0.146. The molecule has 3 N–H and O–H groups in total. The van der Waals surface area contributed by atoms with Crippen molar-refractivity contribution in [1.82, 2.24) is 14.9 Å². The molecule has 0 radical (unpaired) electrons. The molecule has 0 saturated heterocycles. The standard InChI is InChI=1S/C27H23F3N4O.C14H9F3O2/c28-27(29,30)21-8-5-18(6-9-21)23-3-1-2-4-24(23)26(35)33-22-10-7-20-16-34(14-11-19(20)15-22)17-25-31-12-13-32-25;15-14(16,17)10-7-5-9(6-8-10)11-3-1-2-4-12(11)13(18)19/h1-10,12-13,15H,11,14,16-17H2,(H,31,32)(H,33,35);1-8H,(H,18,19). The van der Waals surface area contributed by atoms with Crippen molar-refractivity contribution in [2.75, 3.05) is 11.9 Å². The Bertz CT molecular complexity index is 2230. The number of rotatable bonds is 7. The lowest BCUT2D eigenvalue weighted by Gasteiger charge is -2.28. The fourth-order valence-corrected chi connectivity index (χ4v) is 6.15. The van der Waals surface area contributed by atoms with Crippen molar-refractivity contribution in [2.24, 2.45) is 0 Å². The number of carboxylic acids is 1. The quantitative estimate of drug-likeness (QED) is 0.142. The minimum Gasteiger partial charge on any atom is -0.478 e. The maximum atomic E-state index is 13.1. The fourth-order valence-electron chi connectivity index (χ4n) is 6.15. The predicted molar refractivity (Wildman–Crippen MR) is 192 cm³/mol. The zero-order valence-electron chi connectivity index (χ0n) is 28.4. The highest BCUT2D eigenvalue weighted by Gasteiger charge is 2.31. The second-order valence-electron chi connectivity index (χ2n) is 12.5. The van der Waals surface area contributed by atoms with E-state index < -0.39 is 29.4 Å². The van der Waals surface area contributed by atoms with Crippen LogP contribution in [0.4, 0.5) is 32.0 Å². The third-order valence-corrected chi connectivity index (χ3v) is 8.86. The Labute approximate surface area is 305 Å². The first-order valence-corrected chi connectivity index (χ1v) is 16.7. The third-order valence-electron chi connectivity index (χ3n) is 8.86. The Morgan fingerprint density at radius 3 is 1.81 bits per heavy atom. The van der Waals surface area contributed by atoms with E-state index in [1.54, 1.807) is 48.7 Å². The maximum Gasteiger partial charge on any atom is 0.416 e. The van der Waals surface area contributed by atoms with Crippen LogP contribution in [-0.4, -0.2) is 38.4 Å². The number of amides is 1. The van der Waals surface area contributed by atoms with E-state index in [1.807, 2.05) is 24.4 Å². The van der Waals surface area contributed by atoms with Crippen LogP contribution in [0.5, 0.6) is 0 Å². The summed E-state index contributed by atoms with van der Waals surface area (Å²) in [7, 11) is 0. The molecule has 0 bridgehead atoms. The number of hydrogen-bond donors (Lipinski definition) is 3. The molecule has 13 heteroatoms. The van der Waals surface area contributed by atoms with Gasteiger partial charge in [0.1, 0.15) is 5.82 Å². The van der Waals surface area contributed by atoms with Gasteiger partial charge in [-0.15, -0.1) is 0 Å². The first-order valence-electron chi connectivity index (χ1n) is 16.7. The van der Waals surface area contributed by atoms with E-state index in [1.165, 1.54) is 41.5 Å². The van der Waals surface area contributed by atoms with Crippen LogP contribution in [0.2, 0.25) is 0 Å². The van der Waals surface area contributed by atoms with Gasteiger partial charge in [-0.05, 0) is 88.3 Å². The monoisotopic (exact) mass is 742 g/mol. The first-order chi connectivity index (χ1) is 25.8. The number of benzene rings is 5. The van der Waals surface area contributed by atoms with Gasteiger partial charge in [0, 0.05) is 36.7 Å². The van der Waals surface area contributed by atoms with Crippen molar-refractivity contribution < 1.29 is 41.0 Å². The normalized spacial score (nSPS) is 13.0. The van der Waals surface area contributed by atoms with Crippen LogP contribution in [0, 0.1) is 0 Å². The van der Waals surface area contributed by atoms with Gasteiger partial charge in [0.05, 0.1) is 23.2 Å². The molecule has 276 valence electrons. The summed E-state index contributed by atoms with van der Waals surface area (Å²) in [5.41, 5.74) is 4.02. The number of imidazole rings is 1. The lowest BCUT2D eigenvalue weighted by atomic mass is 9.97. The number of H-pyrrole nitrogens is 1. The number of aromatic nitrogens is 2. The summed E-state index contributed by atoms with van der Waals surface area (Å²) >= 11 is 0. The van der Waals surface area contributed by atoms with Crippen LogP contribution in [-0.2, 0) is 31.9 Å². The molecular weight excluding hydrogens is 710 g/mol. The molecule has 0 unspecified atom stereocenters. The number of fused-ring (bicyclic) bond motifs is 1. The number of nitrogens with one attached hydrogen (secondary N) is 2.